The van der Waals surface area contributed by atoms with Crippen LogP contribution in [0.4, 0.5) is 0 Å². The van der Waals surface area contributed by atoms with Gasteiger partial charge < -0.3 is 58.5 Å². The van der Waals surface area contributed by atoms with Crippen LogP contribution in [0.1, 0.15) is 263 Å². The van der Waals surface area contributed by atoms with Crippen LogP contribution in [-0.4, -0.2) is 263 Å². The highest BCUT2D eigenvalue weighted by atomic mass is 32.2. The molecule has 4 aliphatic heterocycles. The van der Waals surface area contributed by atoms with E-state index in [1.54, 1.807) is 11.6 Å². The van der Waals surface area contributed by atoms with E-state index in [1.165, 1.54) is 75.0 Å². The highest BCUT2D eigenvalue weighted by Crippen LogP contribution is 2.38. The molecule has 0 radical (unpaired) electrons. The van der Waals surface area contributed by atoms with E-state index in [4.69, 9.17) is 75.1 Å². The molecule has 40 nitrogen and oxygen atoms in total. The summed E-state index contributed by atoms with van der Waals surface area (Å²) in [6.07, 6.45) is -12.8. The predicted octanol–water partition coefficient (Wildman–Crippen LogP) is 11.3. The first-order valence-electron chi connectivity index (χ1n) is 67.2. The molecule has 12 heterocycles. The summed E-state index contributed by atoms with van der Waals surface area (Å²) >= 11 is 0. The summed E-state index contributed by atoms with van der Waals surface area (Å²) in [6, 6.07) is 9.53. The van der Waals surface area contributed by atoms with Crippen molar-refractivity contribution < 1.29 is 109 Å². The molecule has 5 atom stereocenters. The predicted molar refractivity (Wildman–Crippen MR) is 559 cm³/mol. The number of rotatable bonds is 44. The first-order valence-corrected chi connectivity index (χ1v) is 52.6. The molecule has 44 heteroatoms. The highest BCUT2D eigenvalue weighted by Gasteiger charge is 2.32. The summed E-state index contributed by atoms with van der Waals surface area (Å²) in [5.74, 6) is -0.478. The minimum Gasteiger partial charge on any atom is -0.493 e. The van der Waals surface area contributed by atoms with Gasteiger partial charge in [0.1, 0.15) is 68.4 Å². The van der Waals surface area contributed by atoms with Crippen molar-refractivity contribution in [3.63, 3.8) is 0 Å². The first-order chi connectivity index (χ1) is 84.9. The Morgan fingerprint density at radius 1 is 0.361 bits per heavy atom. The number of H-pyrrole nitrogens is 4. The molecule has 0 aliphatic carbocycles. The van der Waals surface area contributed by atoms with Gasteiger partial charge in [0.05, 0.1) is 91.0 Å². The van der Waals surface area contributed by atoms with Crippen LogP contribution >= 0.6 is 0 Å². The van der Waals surface area contributed by atoms with Crippen molar-refractivity contribution >= 4 is 84.2 Å². The van der Waals surface area contributed by atoms with E-state index in [2.05, 4.69) is 69.7 Å². The molecule has 4 aliphatic rings. The van der Waals surface area contributed by atoms with Crippen LogP contribution in [0.15, 0.2) is 112 Å². The van der Waals surface area contributed by atoms with Crippen LogP contribution in [0.3, 0.4) is 0 Å². The molecule has 5 unspecified atom stereocenters. The van der Waals surface area contributed by atoms with Gasteiger partial charge in [-0.25, -0.2) is 72.5 Å². The fourth-order valence-corrected chi connectivity index (χ4v) is 19.4. The van der Waals surface area contributed by atoms with Gasteiger partial charge in [-0.2, -0.15) is 20.4 Å². The maximum absolute atomic E-state index is 13.6. The third-order valence-electron chi connectivity index (χ3n) is 22.8. The molecule has 4 saturated heterocycles. The van der Waals surface area contributed by atoms with E-state index >= 15 is 0 Å². The minimum absolute atomic E-state index is 0.0131. The average Bonchev–Trinajstić information content (AvgIpc) is 1.58. The van der Waals surface area contributed by atoms with Crippen LogP contribution in [0, 0.1) is 0 Å². The summed E-state index contributed by atoms with van der Waals surface area (Å²) in [7, 11) is -16.8. The van der Waals surface area contributed by atoms with E-state index in [0.29, 0.717) is 64.7 Å². The lowest BCUT2D eigenvalue weighted by molar-refractivity contribution is 0.297. The summed E-state index contributed by atoms with van der Waals surface area (Å²) < 4.78 is 471. The molecule has 0 bridgehead atoms. The number of fused-ring (bicyclic) bond motifs is 4. The fourth-order valence-electron chi connectivity index (χ4n) is 15.8. The van der Waals surface area contributed by atoms with Gasteiger partial charge in [0.15, 0.2) is 22.1 Å². The molecule has 8 aromatic heterocycles. The molecule has 0 amide bonds. The number of aryl methyl sites for hydroxylation is 8. The van der Waals surface area contributed by atoms with Crippen molar-refractivity contribution in [3.8, 4) is 68.5 Å². The van der Waals surface area contributed by atoms with E-state index in [0.717, 1.165) is 49.9 Å². The van der Waals surface area contributed by atoms with E-state index in [-0.39, 0.29) is 228 Å². The molecule has 4 fully saturated rings. The number of sulfonamides is 4. The smallest absolute Gasteiger partial charge is 0.277 e. The number of hydrogen-bond donors (Lipinski definition) is 8. The monoisotopic (exact) mass is 2110 g/mol. The number of hydrogen-bond acceptors (Lipinski definition) is 28. The normalized spacial score (nSPS) is 22.7. The number of benzene rings is 4. The van der Waals surface area contributed by atoms with Crippen LogP contribution < -0.4 is 60.1 Å². The van der Waals surface area contributed by atoms with Crippen molar-refractivity contribution in [2.45, 2.75) is 253 Å². The topological polar surface area (TPSA) is 489 Å². The van der Waals surface area contributed by atoms with Gasteiger partial charge in [0, 0.05) is 134 Å². The largest absolute Gasteiger partial charge is 0.493 e. The maximum atomic E-state index is 13.6. The van der Waals surface area contributed by atoms with Crippen molar-refractivity contribution in [2.75, 3.05) is 107 Å². The van der Waals surface area contributed by atoms with Gasteiger partial charge in [0.25, 0.3) is 22.2 Å². The van der Waals surface area contributed by atoms with Crippen molar-refractivity contribution in [3.05, 3.63) is 137 Å². The Kier molecular flexibility index (Phi) is 23.2. The molecule has 4 aromatic carbocycles. The number of ether oxygens (including phenoxy) is 4. The number of likely N-dealkylation sites (tertiary alicyclic amines) is 4. The molecular weight excluding hydrogens is 1920 g/mol. The molecule has 12 aromatic rings. The molecule has 784 valence electrons. The number of aromatic amines is 4. The van der Waals surface area contributed by atoms with Gasteiger partial charge in [-0.3, -0.25) is 37.9 Å². The Balaban J connectivity index is 0.000000200. The van der Waals surface area contributed by atoms with E-state index in [9.17, 15) is 52.8 Å². The zero-order valence-electron chi connectivity index (χ0n) is 121. The van der Waals surface area contributed by atoms with E-state index < -0.39 is 251 Å². The standard InChI is InChI=1S/4C25H36N6O4S/c4*1-5-8-20-22-23(31(4)29-20)25(32)28-24(27-22)19-16-18(10-11-21(19)35-15-6-2)36(33,34)26-13-12-17-9-7-14-30(17)3/h4*10-11,16-17,26H,5-9,12-15H2,1-4H3,(H,27,28,32)/i3D3,4D3,8D2,12D2,13D2;3D3,4D3,8D2,12D2,13D;3D3,4D3,8D2,12D2;1D3,3D3,12D2. The van der Waals surface area contributed by atoms with Crippen molar-refractivity contribution in [1.82, 2.24) is 117 Å². The Hall–Kier alpha value is -11.0. The zero-order chi connectivity index (χ0) is 139. The SMILES string of the molecule is [2H]C(NS(=O)(=O)c1ccc(OCCC)c(-c2nc3c(C([2H])([2H])CC)nn(C([2H])([2H])[2H])c3c(=O)[nH]2)c1)C([2H])([2H])C1CCCN1C([2H])([2H])[2H].[2H]C([2H])(CC)c1nn(C([2H])([2H])[2H])c2c(=O)[nH]c(-c3cc(S(=O)(=O)NC([2H])([2H])C([2H])([2H])C4CCCN4C([2H])([2H])[2H])ccc3OCCC)nc12.[2H]C([2H])(CC)c1nn(C([2H])([2H])[2H])c2c(=O)[nH]c(-c3cc(S(=O)(=O)NCC([2H])([2H])C4CCCN4C([2H])([2H])[2H])ccc3OCCC)nc12.[2H]C([2H])([2H])CCc1nn(C)c2c(=O)[nH]c(-c3cc(S(=O)(=O)NCC([2H])([2H])C4CCCN4C([2H])([2H])[2H])ccc3OCCC)nc12. The minimum atomic E-state index is -4.90. The van der Waals surface area contributed by atoms with Gasteiger partial charge >= 0.3 is 0 Å². The molecular formula is C100H144N24O16S4. The van der Waals surface area contributed by atoms with Gasteiger partial charge in [-0.05, 0) is 255 Å². The third-order valence-corrected chi connectivity index (χ3v) is 28.1. The van der Waals surface area contributed by atoms with Gasteiger partial charge in [0.2, 0.25) is 40.1 Å². The Bertz CT molecular complexity index is 9110. The Labute approximate surface area is 900 Å². The fraction of sp³-hybridized carbons (Fsp3) is 0.560. The Morgan fingerprint density at radius 3 is 0.958 bits per heavy atom. The van der Waals surface area contributed by atoms with Crippen LogP contribution in [0.2, 0.25) is 0 Å². The van der Waals surface area contributed by atoms with E-state index in [1.807, 2.05) is 25.5 Å². The van der Waals surface area contributed by atoms with Crippen molar-refractivity contribution in [1.29, 1.82) is 0 Å². The Morgan fingerprint density at radius 2 is 0.653 bits per heavy atom. The summed E-state index contributed by atoms with van der Waals surface area (Å²) in [5.41, 5.74) is -6.89. The summed E-state index contributed by atoms with van der Waals surface area (Å²) in [4.78, 5) is 82.9. The molecule has 8 N–H and O–H groups in total. The average molecular weight is 2110 g/mol. The lowest BCUT2D eigenvalue weighted by atomic mass is 10.1. The second-order valence-corrected chi connectivity index (χ2v) is 40.1. The quantitative estimate of drug-likeness (QED) is 0.0176. The number of aromatic nitrogens is 16. The number of nitrogens with zero attached hydrogens (tertiary/aromatic N) is 16. The van der Waals surface area contributed by atoms with Gasteiger partial charge in [-0.15, -0.1) is 0 Å². The lowest BCUT2D eigenvalue weighted by Crippen LogP contribution is -2.31. The first kappa shape index (κ1) is 67.0. The summed E-state index contributed by atoms with van der Waals surface area (Å²) in [5, 5.41) is 16.0. The number of nitrogens with one attached hydrogen (secondary N) is 8. The van der Waals surface area contributed by atoms with Crippen LogP contribution in [0.25, 0.3) is 89.7 Å². The van der Waals surface area contributed by atoms with Crippen molar-refractivity contribution in [2.24, 2.45) is 28.0 Å². The zero-order valence-corrected chi connectivity index (χ0v) is 83.5. The molecule has 16 rings (SSSR count). The lowest BCUT2D eigenvalue weighted by Gasteiger charge is -2.19. The second-order valence-electron chi connectivity index (χ2n) is 33.2. The molecule has 144 heavy (non-hydrogen) atoms. The molecule has 0 spiro atoms. The molecule has 0 saturated carbocycles. The van der Waals surface area contributed by atoms with Crippen LogP contribution in [-0.2, 0) is 93.6 Å². The summed E-state index contributed by atoms with van der Waals surface area (Å²) in [6.45, 7) is -15.4. The van der Waals surface area contributed by atoms with Crippen LogP contribution in [0.5, 0.6) is 23.0 Å². The highest BCUT2D eigenvalue weighted by molar-refractivity contribution is 7.90. The second kappa shape index (κ2) is 49.9. The third kappa shape index (κ3) is 26.5. The van der Waals surface area contributed by atoms with Gasteiger partial charge in [-0.1, -0.05) is 81.0 Å². The maximum Gasteiger partial charge on any atom is 0.277 e.